The molecule has 0 saturated carbocycles. The summed E-state index contributed by atoms with van der Waals surface area (Å²) in [5.41, 5.74) is 1.50. The van der Waals surface area contributed by atoms with Crippen molar-refractivity contribution in [3.05, 3.63) is 52.2 Å². The highest BCUT2D eigenvalue weighted by atomic mass is 127. The second-order valence-electron chi connectivity index (χ2n) is 6.45. The Kier molecular flexibility index (Phi) is 9.36. The highest BCUT2D eigenvalue weighted by molar-refractivity contribution is 14.0. The van der Waals surface area contributed by atoms with Gasteiger partial charge in [0.25, 0.3) is 0 Å². The quantitative estimate of drug-likeness (QED) is 0.360. The van der Waals surface area contributed by atoms with Crippen molar-refractivity contribution in [2.24, 2.45) is 4.99 Å². The molecule has 7 heteroatoms. The monoisotopic (exact) mass is 500 g/mol. The Morgan fingerprint density at radius 3 is 2.89 bits per heavy atom. The number of thiophene rings is 1. The number of benzene rings is 1. The van der Waals surface area contributed by atoms with Gasteiger partial charge in [0.15, 0.2) is 5.96 Å². The minimum atomic E-state index is 0. The molecular weight excluding hydrogens is 471 g/mol. The summed E-state index contributed by atoms with van der Waals surface area (Å²) in [7, 11) is 3.87. The first-order valence-corrected chi connectivity index (χ1v) is 10.0. The molecule has 0 spiro atoms. The number of hydrogen-bond acceptors (Lipinski definition) is 4. The molecule has 0 radical (unpaired) electrons. The van der Waals surface area contributed by atoms with Crippen molar-refractivity contribution in [2.75, 3.05) is 46.9 Å². The molecule has 2 heterocycles. The zero-order valence-electron chi connectivity index (χ0n) is 16.1. The molecule has 1 N–H and O–H groups in total. The maximum Gasteiger partial charge on any atom is 0.193 e. The molecule has 1 aromatic heterocycles. The van der Waals surface area contributed by atoms with E-state index < -0.39 is 0 Å². The van der Waals surface area contributed by atoms with Crippen molar-refractivity contribution < 1.29 is 4.74 Å². The van der Waals surface area contributed by atoms with Crippen molar-refractivity contribution in [1.29, 1.82) is 0 Å². The Bertz CT molecular complexity index is 707. The molecule has 148 valence electrons. The van der Waals surface area contributed by atoms with Gasteiger partial charge in [-0.3, -0.25) is 9.89 Å². The Morgan fingerprint density at radius 1 is 1.30 bits per heavy atom. The molecule has 1 aromatic carbocycles. The molecule has 5 nitrogen and oxygen atoms in total. The number of halogens is 1. The molecule has 3 rings (SSSR count). The standard InChI is InChI=1S/C20H28N4OS.HI/c1-21-20(23(2)13-14-25-18-6-4-3-5-7-18)22-10-12-24-11-8-19-17(16-24)9-15-26-19;/h3-7,9,15H,8,10-14,16H2,1-2H3,(H,21,22);1H. The van der Waals surface area contributed by atoms with Crippen molar-refractivity contribution in [1.82, 2.24) is 15.1 Å². The SMILES string of the molecule is CN=C(NCCN1CCc2sccc2C1)N(C)CCOc1ccccc1.I. The average Bonchev–Trinajstić information content (AvgIpc) is 3.14. The zero-order valence-corrected chi connectivity index (χ0v) is 19.2. The summed E-state index contributed by atoms with van der Waals surface area (Å²) in [5.74, 6) is 1.82. The van der Waals surface area contributed by atoms with E-state index in [4.69, 9.17) is 4.74 Å². The fraction of sp³-hybridized carbons (Fsp3) is 0.450. The Labute approximate surface area is 183 Å². The number of likely N-dealkylation sites (N-methyl/N-ethyl adjacent to an activating group) is 1. The number of para-hydroxylation sites is 1. The molecule has 27 heavy (non-hydrogen) atoms. The minimum Gasteiger partial charge on any atom is -0.492 e. The fourth-order valence-electron chi connectivity index (χ4n) is 3.13. The first-order valence-electron chi connectivity index (χ1n) is 9.13. The predicted octanol–water partition coefficient (Wildman–Crippen LogP) is 3.31. The Balaban J connectivity index is 0.00000261. The van der Waals surface area contributed by atoms with Crippen LogP contribution in [0.4, 0.5) is 0 Å². The van der Waals surface area contributed by atoms with Gasteiger partial charge in [-0.1, -0.05) is 18.2 Å². The van der Waals surface area contributed by atoms with E-state index in [0.29, 0.717) is 6.61 Å². The van der Waals surface area contributed by atoms with E-state index in [1.165, 1.54) is 12.0 Å². The molecular formula is C20H29IN4OS. The Morgan fingerprint density at radius 2 is 2.11 bits per heavy atom. The number of fused-ring (bicyclic) bond motifs is 1. The van der Waals surface area contributed by atoms with Crippen molar-refractivity contribution in [2.45, 2.75) is 13.0 Å². The normalized spacial score (nSPS) is 14.2. The lowest BCUT2D eigenvalue weighted by atomic mass is 10.1. The van der Waals surface area contributed by atoms with Gasteiger partial charge in [-0.05, 0) is 35.6 Å². The van der Waals surface area contributed by atoms with E-state index in [1.807, 2.05) is 55.8 Å². The molecule has 2 aromatic rings. The highest BCUT2D eigenvalue weighted by Gasteiger charge is 2.16. The molecule has 0 bridgehead atoms. The van der Waals surface area contributed by atoms with Crippen LogP contribution in [0.2, 0.25) is 0 Å². The second kappa shape index (κ2) is 11.5. The van der Waals surface area contributed by atoms with E-state index in [2.05, 4.69) is 31.6 Å². The molecule has 0 amide bonds. The first kappa shape index (κ1) is 22.0. The first-order chi connectivity index (χ1) is 12.8. The fourth-order valence-corrected chi connectivity index (χ4v) is 4.02. The zero-order chi connectivity index (χ0) is 18.2. The topological polar surface area (TPSA) is 40.1 Å². The van der Waals surface area contributed by atoms with Gasteiger partial charge in [0.2, 0.25) is 0 Å². The molecule has 0 saturated heterocycles. The van der Waals surface area contributed by atoms with Crippen LogP contribution < -0.4 is 10.1 Å². The van der Waals surface area contributed by atoms with E-state index in [1.54, 1.807) is 4.88 Å². The lowest BCUT2D eigenvalue weighted by molar-refractivity contribution is 0.257. The lowest BCUT2D eigenvalue weighted by Gasteiger charge is -2.28. The van der Waals surface area contributed by atoms with Crippen LogP contribution in [0.25, 0.3) is 0 Å². The second-order valence-corrected chi connectivity index (χ2v) is 7.45. The van der Waals surface area contributed by atoms with Crippen LogP contribution in [0, 0.1) is 0 Å². The number of aliphatic imine (C=N–C) groups is 1. The maximum absolute atomic E-state index is 5.76. The number of ether oxygens (including phenoxy) is 1. The molecule has 0 fully saturated rings. The van der Waals surface area contributed by atoms with Crippen LogP contribution in [0.3, 0.4) is 0 Å². The average molecular weight is 500 g/mol. The van der Waals surface area contributed by atoms with Gasteiger partial charge in [-0.15, -0.1) is 35.3 Å². The summed E-state index contributed by atoms with van der Waals surface area (Å²) in [6.45, 7) is 5.57. The molecule has 0 unspecified atom stereocenters. The van der Waals surface area contributed by atoms with Crippen molar-refractivity contribution >= 4 is 41.3 Å². The van der Waals surface area contributed by atoms with Crippen LogP contribution in [0.5, 0.6) is 5.75 Å². The third-order valence-corrected chi connectivity index (χ3v) is 5.63. The molecule has 1 aliphatic rings. The summed E-state index contributed by atoms with van der Waals surface area (Å²) in [4.78, 5) is 10.6. The van der Waals surface area contributed by atoms with Crippen LogP contribution in [-0.2, 0) is 13.0 Å². The van der Waals surface area contributed by atoms with Gasteiger partial charge in [0.1, 0.15) is 12.4 Å². The largest absolute Gasteiger partial charge is 0.492 e. The smallest absolute Gasteiger partial charge is 0.193 e. The van der Waals surface area contributed by atoms with E-state index >= 15 is 0 Å². The minimum absolute atomic E-state index is 0. The van der Waals surface area contributed by atoms with Gasteiger partial charge in [-0.2, -0.15) is 0 Å². The third-order valence-electron chi connectivity index (χ3n) is 4.61. The summed E-state index contributed by atoms with van der Waals surface area (Å²) < 4.78 is 5.76. The van der Waals surface area contributed by atoms with Crippen LogP contribution in [0.15, 0.2) is 46.8 Å². The van der Waals surface area contributed by atoms with E-state index in [-0.39, 0.29) is 24.0 Å². The van der Waals surface area contributed by atoms with Crippen LogP contribution in [0.1, 0.15) is 10.4 Å². The third kappa shape index (κ3) is 6.65. The van der Waals surface area contributed by atoms with Gasteiger partial charge in [0.05, 0.1) is 6.54 Å². The molecule has 1 aliphatic heterocycles. The summed E-state index contributed by atoms with van der Waals surface area (Å²) in [6.07, 6.45) is 1.18. The number of guanidine groups is 1. The van der Waals surface area contributed by atoms with Gasteiger partial charge in [-0.25, -0.2) is 0 Å². The highest BCUT2D eigenvalue weighted by Crippen LogP contribution is 2.23. The molecule has 0 atom stereocenters. The van der Waals surface area contributed by atoms with Gasteiger partial charge < -0.3 is 15.0 Å². The summed E-state index contributed by atoms with van der Waals surface area (Å²) in [5, 5.41) is 5.67. The maximum atomic E-state index is 5.76. The predicted molar refractivity (Wildman–Crippen MR) is 125 cm³/mol. The van der Waals surface area contributed by atoms with Gasteiger partial charge in [0, 0.05) is 45.2 Å². The van der Waals surface area contributed by atoms with E-state index in [0.717, 1.165) is 44.4 Å². The van der Waals surface area contributed by atoms with Crippen molar-refractivity contribution in [3.8, 4) is 5.75 Å². The van der Waals surface area contributed by atoms with Crippen molar-refractivity contribution in [3.63, 3.8) is 0 Å². The number of nitrogens with zero attached hydrogens (tertiary/aromatic N) is 3. The lowest BCUT2D eigenvalue weighted by Crippen LogP contribution is -2.44. The Hall–Kier alpha value is -1.32. The number of hydrogen-bond donors (Lipinski definition) is 1. The number of rotatable bonds is 7. The molecule has 0 aliphatic carbocycles. The van der Waals surface area contributed by atoms with Crippen LogP contribution in [-0.4, -0.2) is 62.6 Å². The van der Waals surface area contributed by atoms with Crippen LogP contribution >= 0.6 is 35.3 Å². The summed E-state index contributed by atoms with van der Waals surface area (Å²) >= 11 is 1.89. The van der Waals surface area contributed by atoms with E-state index in [9.17, 15) is 0 Å². The summed E-state index contributed by atoms with van der Waals surface area (Å²) in [6, 6.07) is 12.2. The van der Waals surface area contributed by atoms with Gasteiger partial charge >= 0.3 is 0 Å². The number of nitrogens with one attached hydrogen (secondary N) is 1.